The van der Waals surface area contributed by atoms with Crippen molar-refractivity contribution in [3.63, 3.8) is 0 Å². The molecule has 92 valence electrons. The highest BCUT2D eigenvalue weighted by molar-refractivity contribution is 7.84. The Kier molecular flexibility index (Phi) is 5.11. The van der Waals surface area contributed by atoms with Gasteiger partial charge < -0.3 is 5.32 Å². The van der Waals surface area contributed by atoms with E-state index in [0.29, 0.717) is 17.9 Å². The summed E-state index contributed by atoms with van der Waals surface area (Å²) in [5.74, 6) is 0.613. The largest absolute Gasteiger partial charge is 0.369 e. The molecule has 17 heavy (non-hydrogen) atoms. The van der Waals surface area contributed by atoms with Crippen LogP contribution in [0, 0.1) is 18.3 Å². The number of pyridine rings is 1. The topological polar surface area (TPSA) is 65.8 Å². The van der Waals surface area contributed by atoms with Gasteiger partial charge >= 0.3 is 0 Å². The zero-order chi connectivity index (χ0) is 12.8. The predicted octanol–water partition coefficient (Wildman–Crippen LogP) is 1.83. The highest BCUT2D eigenvalue weighted by atomic mass is 32.2. The number of hydrogen-bond donors (Lipinski definition) is 1. The van der Waals surface area contributed by atoms with Gasteiger partial charge in [0.15, 0.2) is 0 Å². The summed E-state index contributed by atoms with van der Waals surface area (Å²) in [4.78, 5) is 4.14. The van der Waals surface area contributed by atoms with Crippen molar-refractivity contribution in [1.29, 1.82) is 5.26 Å². The second-order valence-corrected chi connectivity index (χ2v) is 5.79. The number of nitriles is 1. The molecule has 0 saturated carbocycles. The van der Waals surface area contributed by atoms with E-state index in [-0.39, 0.29) is 5.25 Å². The zero-order valence-electron chi connectivity index (χ0n) is 10.4. The lowest BCUT2D eigenvalue weighted by Crippen LogP contribution is -2.15. The first-order chi connectivity index (χ1) is 8.06. The first-order valence-corrected chi connectivity index (χ1v) is 7.10. The molecule has 2 unspecified atom stereocenters. The maximum atomic E-state index is 11.2. The minimum absolute atomic E-state index is 0.151. The second-order valence-electron chi connectivity index (χ2n) is 3.99. The molecule has 1 aromatic rings. The van der Waals surface area contributed by atoms with Crippen LogP contribution in [-0.2, 0) is 10.8 Å². The average molecular weight is 251 g/mol. The molecule has 0 aliphatic heterocycles. The van der Waals surface area contributed by atoms with Gasteiger partial charge in [0, 0.05) is 35.0 Å². The number of nitrogens with zero attached hydrogens (tertiary/aromatic N) is 2. The summed E-state index contributed by atoms with van der Waals surface area (Å²) in [6, 6.07) is 3.95. The summed E-state index contributed by atoms with van der Waals surface area (Å²) in [6.45, 7) is 4.51. The van der Waals surface area contributed by atoms with Gasteiger partial charge in [0.05, 0.1) is 5.56 Å². The van der Waals surface area contributed by atoms with E-state index in [1.54, 1.807) is 12.5 Å². The zero-order valence-corrected chi connectivity index (χ0v) is 11.2. The van der Waals surface area contributed by atoms with Crippen LogP contribution < -0.4 is 5.32 Å². The number of nitrogens with one attached hydrogen (secondary N) is 1. The molecule has 2 atom stereocenters. The van der Waals surface area contributed by atoms with Crippen molar-refractivity contribution in [2.45, 2.75) is 25.5 Å². The van der Waals surface area contributed by atoms with Gasteiger partial charge in [-0.15, -0.1) is 0 Å². The quantitative estimate of drug-likeness (QED) is 0.867. The predicted molar refractivity (Wildman–Crippen MR) is 70.3 cm³/mol. The molecule has 0 radical (unpaired) electrons. The third-order valence-corrected chi connectivity index (χ3v) is 4.05. The Labute approximate surface area is 105 Å². The van der Waals surface area contributed by atoms with Gasteiger partial charge in [0.1, 0.15) is 11.9 Å². The van der Waals surface area contributed by atoms with Crippen molar-refractivity contribution in [3.05, 3.63) is 23.4 Å². The molecular weight excluding hydrogens is 234 g/mol. The van der Waals surface area contributed by atoms with E-state index in [0.717, 1.165) is 12.0 Å². The van der Waals surface area contributed by atoms with E-state index < -0.39 is 10.8 Å². The van der Waals surface area contributed by atoms with Crippen LogP contribution in [0.25, 0.3) is 0 Å². The summed E-state index contributed by atoms with van der Waals surface area (Å²) < 4.78 is 11.2. The van der Waals surface area contributed by atoms with Crippen LogP contribution >= 0.6 is 0 Å². The molecule has 4 nitrogen and oxygen atoms in total. The van der Waals surface area contributed by atoms with Gasteiger partial charge in [-0.1, -0.05) is 6.92 Å². The van der Waals surface area contributed by atoms with Gasteiger partial charge in [0.25, 0.3) is 0 Å². The Bertz CT molecular complexity index is 454. The molecule has 0 aliphatic carbocycles. The van der Waals surface area contributed by atoms with Crippen LogP contribution in [0.4, 0.5) is 5.82 Å². The number of anilines is 1. The minimum Gasteiger partial charge on any atom is -0.369 e. The number of rotatable bonds is 5. The monoisotopic (exact) mass is 251 g/mol. The molecule has 5 heteroatoms. The molecule has 1 aromatic heterocycles. The first-order valence-electron chi connectivity index (χ1n) is 5.48. The van der Waals surface area contributed by atoms with E-state index in [4.69, 9.17) is 5.26 Å². The standard InChI is InChI=1S/C12H17N3OS/c1-9-4-6-14-12(11(9)8-13)15-7-5-10(2)17(3)16/h4,6,10H,5,7H2,1-3H3,(H,14,15). The van der Waals surface area contributed by atoms with E-state index in [1.165, 1.54) is 0 Å². The average Bonchev–Trinajstić information content (AvgIpc) is 2.29. The summed E-state index contributed by atoms with van der Waals surface area (Å²) in [7, 11) is -0.805. The maximum Gasteiger partial charge on any atom is 0.144 e. The van der Waals surface area contributed by atoms with Crippen LogP contribution in [0.2, 0.25) is 0 Å². The Morgan fingerprint density at radius 1 is 1.65 bits per heavy atom. The van der Waals surface area contributed by atoms with Crippen molar-refractivity contribution < 1.29 is 4.21 Å². The molecule has 1 rings (SSSR count). The van der Waals surface area contributed by atoms with Gasteiger partial charge in [-0.2, -0.15) is 5.26 Å². The Balaban J connectivity index is 2.62. The maximum absolute atomic E-state index is 11.2. The fourth-order valence-corrected chi connectivity index (χ4v) is 1.84. The molecule has 1 N–H and O–H groups in total. The summed E-state index contributed by atoms with van der Waals surface area (Å²) in [5, 5.41) is 12.3. The van der Waals surface area contributed by atoms with E-state index in [1.807, 2.05) is 19.9 Å². The summed E-state index contributed by atoms with van der Waals surface area (Å²) in [6.07, 6.45) is 4.18. The Hall–Kier alpha value is -1.41. The van der Waals surface area contributed by atoms with Crippen LogP contribution in [0.3, 0.4) is 0 Å². The molecule has 0 aromatic carbocycles. The first kappa shape index (κ1) is 13.7. The molecule has 0 amide bonds. The Morgan fingerprint density at radius 3 is 2.94 bits per heavy atom. The SMILES string of the molecule is Cc1ccnc(NCCC(C)S(C)=O)c1C#N. The number of aryl methyl sites for hydroxylation is 1. The lowest BCUT2D eigenvalue weighted by atomic mass is 10.1. The molecule has 0 saturated heterocycles. The number of hydrogen-bond acceptors (Lipinski definition) is 4. The molecule has 1 heterocycles. The molecule has 0 bridgehead atoms. The highest BCUT2D eigenvalue weighted by Crippen LogP contribution is 2.15. The second kappa shape index (κ2) is 6.36. The molecular formula is C12H17N3OS. The van der Waals surface area contributed by atoms with Crippen molar-refractivity contribution in [2.75, 3.05) is 18.1 Å². The van der Waals surface area contributed by atoms with Crippen molar-refractivity contribution in [3.8, 4) is 6.07 Å². The smallest absolute Gasteiger partial charge is 0.144 e. The van der Waals surface area contributed by atoms with E-state index in [2.05, 4.69) is 16.4 Å². The minimum atomic E-state index is -0.805. The Morgan fingerprint density at radius 2 is 2.35 bits per heavy atom. The van der Waals surface area contributed by atoms with Gasteiger partial charge in [-0.3, -0.25) is 4.21 Å². The third-order valence-electron chi connectivity index (χ3n) is 2.68. The number of aromatic nitrogens is 1. The van der Waals surface area contributed by atoms with Gasteiger partial charge in [-0.05, 0) is 25.0 Å². The molecule has 0 spiro atoms. The fraction of sp³-hybridized carbons (Fsp3) is 0.500. The van der Waals surface area contributed by atoms with Crippen LogP contribution in [0.1, 0.15) is 24.5 Å². The van der Waals surface area contributed by atoms with Crippen molar-refractivity contribution in [1.82, 2.24) is 4.98 Å². The molecule has 0 fully saturated rings. The fourth-order valence-electron chi connectivity index (χ4n) is 1.39. The third kappa shape index (κ3) is 3.82. The van der Waals surface area contributed by atoms with Gasteiger partial charge in [-0.25, -0.2) is 4.98 Å². The highest BCUT2D eigenvalue weighted by Gasteiger charge is 2.08. The van der Waals surface area contributed by atoms with Gasteiger partial charge in [0.2, 0.25) is 0 Å². The normalized spacial score (nSPS) is 13.8. The lowest BCUT2D eigenvalue weighted by molar-refractivity contribution is 0.672. The van der Waals surface area contributed by atoms with Crippen LogP contribution in [-0.4, -0.2) is 27.2 Å². The summed E-state index contributed by atoms with van der Waals surface area (Å²) in [5.41, 5.74) is 1.50. The van der Waals surface area contributed by atoms with Crippen LogP contribution in [0.15, 0.2) is 12.3 Å². The molecule has 0 aliphatic rings. The van der Waals surface area contributed by atoms with Crippen molar-refractivity contribution >= 4 is 16.6 Å². The van der Waals surface area contributed by atoms with E-state index >= 15 is 0 Å². The lowest BCUT2D eigenvalue weighted by Gasteiger charge is -2.11. The van der Waals surface area contributed by atoms with E-state index in [9.17, 15) is 4.21 Å². The van der Waals surface area contributed by atoms with Crippen LogP contribution in [0.5, 0.6) is 0 Å². The summed E-state index contributed by atoms with van der Waals surface area (Å²) >= 11 is 0. The van der Waals surface area contributed by atoms with Crippen molar-refractivity contribution in [2.24, 2.45) is 0 Å².